The first-order chi connectivity index (χ1) is 16.6. The van der Waals surface area contributed by atoms with E-state index in [1.807, 2.05) is 42.5 Å². The largest absolute Gasteiger partial charge is 0.355 e. The Kier molecular flexibility index (Phi) is 7.90. The van der Waals surface area contributed by atoms with Crippen LogP contribution in [0.3, 0.4) is 0 Å². The zero-order valence-corrected chi connectivity index (χ0v) is 20.5. The van der Waals surface area contributed by atoms with E-state index >= 15 is 0 Å². The molecule has 5 aromatic rings. The molecule has 0 heterocycles. The zero-order valence-electron chi connectivity index (χ0n) is 18.9. The van der Waals surface area contributed by atoms with E-state index in [1.54, 1.807) is 13.0 Å². The standard InChI is InChI=1S/C19H16FN.C12H9Br/c1-14-7-10-18(13-19(14)20)21-17-11-8-16(9-12-17)15-5-3-2-4-6-15;13-12-8-6-11(7-9-12)10-4-2-1-3-5-10/h2-13,21H,1H3;1-9H. The second-order valence-electron chi connectivity index (χ2n) is 7.91. The minimum Gasteiger partial charge on any atom is -0.355 e. The van der Waals surface area contributed by atoms with Gasteiger partial charge in [0, 0.05) is 15.8 Å². The number of hydrogen-bond acceptors (Lipinski definition) is 1. The van der Waals surface area contributed by atoms with E-state index in [4.69, 9.17) is 0 Å². The number of benzene rings is 5. The monoisotopic (exact) mass is 509 g/mol. The smallest absolute Gasteiger partial charge is 0.128 e. The van der Waals surface area contributed by atoms with Gasteiger partial charge in [0.25, 0.3) is 0 Å². The number of hydrogen-bond donors (Lipinski definition) is 1. The van der Waals surface area contributed by atoms with E-state index in [2.05, 4.69) is 94.0 Å². The molecule has 0 atom stereocenters. The fraction of sp³-hybridized carbons (Fsp3) is 0.0323. The normalized spacial score (nSPS) is 10.2. The molecule has 0 bridgehead atoms. The number of nitrogens with one attached hydrogen (secondary N) is 1. The summed E-state index contributed by atoms with van der Waals surface area (Å²) in [6.07, 6.45) is 0. The van der Waals surface area contributed by atoms with Gasteiger partial charge < -0.3 is 5.32 Å². The molecule has 1 nitrogen and oxygen atoms in total. The summed E-state index contributed by atoms with van der Waals surface area (Å²) in [5.74, 6) is -0.194. The Bertz CT molecular complexity index is 1320. The van der Waals surface area contributed by atoms with Crippen LogP contribution in [0.15, 0.2) is 132 Å². The quantitative estimate of drug-likeness (QED) is 0.254. The topological polar surface area (TPSA) is 12.0 Å². The van der Waals surface area contributed by atoms with Crippen molar-refractivity contribution in [3.63, 3.8) is 0 Å². The summed E-state index contributed by atoms with van der Waals surface area (Å²) in [4.78, 5) is 0. The van der Waals surface area contributed by atoms with Crippen molar-refractivity contribution in [3.05, 3.63) is 143 Å². The predicted molar refractivity (Wildman–Crippen MR) is 146 cm³/mol. The van der Waals surface area contributed by atoms with Gasteiger partial charge in [0.2, 0.25) is 0 Å². The third-order valence-corrected chi connectivity index (χ3v) is 5.93. The minimum absolute atomic E-state index is 0.194. The highest BCUT2D eigenvalue weighted by Gasteiger charge is 2.01. The second kappa shape index (κ2) is 11.4. The number of halogens is 2. The summed E-state index contributed by atoms with van der Waals surface area (Å²) in [5.41, 5.74) is 7.21. The van der Waals surface area contributed by atoms with Crippen molar-refractivity contribution < 1.29 is 4.39 Å². The van der Waals surface area contributed by atoms with Crippen LogP contribution in [0, 0.1) is 12.7 Å². The average molecular weight is 510 g/mol. The number of anilines is 2. The summed E-state index contributed by atoms with van der Waals surface area (Å²) >= 11 is 3.42. The first-order valence-corrected chi connectivity index (χ1v) is 11.9. The lowest BCUT2D eigenvalue weighted by Gasteiger charge is -2.08. The third kappa shape index (κ3) is 6.43. The highest BCUT2D eigenvalue weighted by atomic mass is 79.9. The molecular weight excluding hydrogens is 485 g/mol. The molecule has 0 aliphatic carbocycles. The zero-order chi connectivity index (χ0) is 23.8. The minimum atomic E-state index is -0.194. The van der Waals surface area contributed by atoms with Gasteiger partial charge in [-0.25, -0.2) is 4.39 Å². The van der Waals surface area contributed by atoms with Crippen LogP contribution in [0.5, 0.6) is 0 Å². The van der Waals surface area contributed by atoms with E-state index in [1.165, 1.54) is 22.8 Å². The Balaban J connectivity index is 0.000000180. The molecule has 5 aromatic carbocycles. The number of aryl methyl sites for hydroxylation is 1. The van der Waals surface area contributed by atoms with Crippen LogP contribution in [0.25, 0.3) is 22.3 Å². The maximum Gasteiger partial charge on any atom is 0.128 e. The molecule has 0 radical (unpaired) electrons. The van der Waals surface area contributed by atoms with Crippen molar-refractivity contribution in [2.24, 2.45) is 0 Å². The van der Waals surface area contributed by atoms with E-state index in [0.717, 1.165) is 21.4 Å². The molecule has 34 heavy (non-hydrogen) atoms. The van der Waals surface area contributed by atoms with Gasteiger partial charge in [-0.15, -0.1) is 0 Å². The van der Waals surface area contributed by atoms with E-state index in [-0.39, 0.29) is 5.82 Å². The lowest BCUT2D eigenvalue weighted by atomic mass is 10.1. The van der Waals surface area contributed by atoms with Crippen LogP contribution in [0.2, 0.25) is 0 Å². The van der Waals surface area contributed by atoms with Crippen molar-refractivity contribution in [1.29, 1.82) is 0 Å². The predicted octanol–water partition coefficient (Wildman–Crippen LogP) is 9.66. The number of rotatable bonds is 4. The Morgan fingerprint density at radius 1 is 0.529 bits per heavy atom. The van der Waals surface area contributed by atoms with Crippen LogP contribution in [-0.2, 0) is 0 Å². The summed E-state index contributed by atoms with van der Waals surface area (Å²) in [6, 6.07) is 42.2. The Morgan fingerprint density at radius 2 is 0.971 bits per heavy atom. The molecule has 0 saturated heterocycles. The van der Waals surface area contributed by atoms with E-state index in [0.29, 0.717) is 5.56 Å². The molecule has 0 aromatic heterocycles. The summed E-state index contributed by atoms with van der Waals surface area (Å²) in [5, 5.41) is 3.21. The van der Waals surface area contributed by atoms with Gasteiger partial charge in [0.05, 0.1) is 0 Å². The van der Waals surface area contributed by atoms with E-state index in [9.17, 15) is 4.39 Å². The molecule has 3 heteroatoms. The van der Waals surface area contributed by atoms with Gasteiger partial charge in [0.1, 0.15) is 5.82 Å². The average Bonchev–Trinajstić information content (AvgIpc) is 2.89. The molecule has 0 fully saturated rings. The van der Waals surface area contributed by atoms with Gasteiger partial charge in [-0.05, 0) is 71.1 Å². The van der Waals surface area contributed by atoms with Gasteiger partial charge in [-0.2, -0.15) is 0 Å². The Labute approximate surface area is 209 Å². The van der Waals surface area contributed by atoms with Crippen LogP contribution in [0.1, 0.15) is 5.56 Å². The third-order valence-electron chi connectivity index (χ3n) is 5.40. The first kappa shape index (κ1) is 23.5. The SMILES string of the molecule is Brc1ccc(-c2ccccc2)cc1.Cc1ccc(Nc2ccc(-c3ccccc3)cc2)cc1F. The lowest BCUT2D eigenvalue weighted by molar-refractivity contribution is 0.619. The molecule has 0 spiro atoms. The molecule has 0 aliphatic rings. The van der Waals surface area contributed by atoms with E-state index < -0.39 is 0 Å². The molecule has 0 saturated carbocycles. The van der Waals surface area contributed by atoms with Crippen LogP contribution >= 0.6 is 15.9 Å². The summed E-state index contributed by atoms with van der Waals surface area (Å²) < 4.78 is 14.6. The van der Waals surface area contributed by atoms with Crippen molar-refractivity contribution in [1.82, 2.24) is 0 Å². The van der Waals surface area contributed by atoms with Gasteiger partial charge >= 0.3 is 0 Å². The maximum absolute atomic E-state index is 13.5. The van der Waals surface area contributed by atoms with Crippen LogP contribution in [-0.4, -0.2) is 0 Å². The molecule has 0 unspecified atom stereocenters. The van der Waals surface area contributed by atoms with Crippen molar-refractivity contribution in [3.8, 4) is 22.3 Å². The molecule has 0 aliphatic heterocycles. The van der Waals surface area contributed by atoms with Gasteiger partial charge in [-0.1, -0.05) is 107 Å². The van der Waals surface area contributed by atoms with Crippen LogP contribution < -0.4 is 5.32 Å². The maximum atomic E-state index is 13.5. The van der Waals surface area contributed by atoms with Crippen molar-refractivity contribution in [2.75, 3.05) is 5.32 Å². The fourth-order valence-corrected chi connectivity index (χ4v) is 3.75. The molecule has 1 N–H and O–H groups in total. The lowest BCUT2D eigenvalue weighted by Crippen LogP contribution is -1.92. The Hall–Kier alpha value is -3.69. The highest BCUT2D eigenvalue weighted by Crippen LogP contribution is 2.24. The molecule has 168 valence electrons. The molecular formula is C31H25BrFN. The van der Waals surface area contributed by atoms with Crippen molar-refractivity contribution in [2.45, 2.75) is 6.92 Å². The fourth-order valence-electron chi connectivity index (χ4n) is 3.49. The first-order valence-electron chi connectivity index (χ1n) is 11.1. The molecule has 0 amide bonds. The Morgan fingerprint density at radius 3 is 1.47 bits per heavy atom. The van der Waals surface area contributed by atoms with Gasteiger partial charge in [0.15, 0.2) is 0 Å². The second-order valence-corrected chi connectivity index (χ2v) is 8.82. The van der Waals surface area contributed by atoms with Gasteiger partial charge in [-0.3, -0.25) is 0 Å². The summed E-state index contributed by atoms with van der Waals surface area (Å²) in [6.45, 7) is 1.76. The van der Waals surface area contributed by atoms with Crippen molar-refractivity contribution >= 4 is 27.3 Å². The highest BCUT2D eigenvalue weighted by molar-refractivity contribution is 9.10. The van der Waals surface area contributed by atoms with Crippen LogP contribution in [0.4, 0.5) is 15.8 Å². The molecule has 5 rings (SSSR count). The summed E-state index contributed by atoms with van der Waals surface area (Å²) in [7, 11) is 0.